The van der Waals surface area contributed by atoms with E-state index in [1.165, 1.54) is 11.8 Å². The summed E-state index contributed by atoms with van der Waals surface area (Å²) < 4.78 is 7.21. The number of carbonyl (C=O) groups is 1. The van der Waals surface area contributed by atoms with Crippen molar-refractivity contribution in [3.05, 3.63) is 77.0 Å². The van der Waals surface area contributed by atoms with Crippen LogP contribution in [0.1, 0.15) is 33.1 Å². The van der Waals surface area contributed by atoms with Crippen LogP contribution in [0, 0.1) is 20.8 Å². The van der Waals surface area contributed by atoms with Gasteiger partial charge in [0.2, 0.25) is 0 Å². The van der Waals surface area contributed by atoms with Crippen LogP contribution in [0.15, 0.2) is 58.2 Å². The first-order valence-electron chi connectivity index (χ1n) is 7.70. The Balaban J connectivity index is 1.83. The number of nitrogens with zero attached hydrogens (tertiary/aromatic N) is 2. The molecule has 0 unspecified atom stereocenters. The van der Waals surface area contributed by atoms with Crippen molar-refractivity contribution in [2.75, 3.05) is 0 Å². The molecule has 0 bridgehead atoms. The molecule has 0 saturated heterocycles. The summed E-state index contributed by atoms with van der Waals surface area (Å²) in [6.45, 7) is 6.18. The minimum absolute atomic E-state index is 0.234. The van der Waals surface area contributed by atoms with Crippen LogP contribution in [0.3, 0.4) is 0 Å². The summed E-state index contributed by atoms with van der Waals surface area (Å²) in [5.74, 6) is -0.138. The fraction of sp³-hybridized carbons (Fsp3) is 0.158. The first kappa shape index (κ1) is 15.8. The summed E-state index contributed by atoms with van der Waals surface area (Å²) in [5, 5.41) is 4.03. The molecule has 0 aliphatic heterocycles. The molecule has 0 aliphatic rings. The third kappa shape index (κ3) is 3.01. The van der Waals surface area contributed by atoms with Gasteiger partial charge in [0.25, 0.3) is 0 Å². The maximum absolute atomic E-state index is 11.8. The van der Waals surface area contributed by atoms with Crippen LogP contribution in [0.5, 0.6) is 0 Å². The van der Waals surface area contributed by atoms with Crippen molar-refractivity contribution in [3.63, 3.8) is 0 Å². The number of furan rings is 1. The maximum atomic E-state index is 11.8. The Morgan fingerprint density at radius 2 is 1.96 bits per heavy atom. The molecule has 0 aliphatic carbocycles. The highest BCUT2D eigenvalue weighted by atomic mass is 16.3. The predicted octanol–water partition coefficient (Wildman–Crippen LogP) is 3.76. The molecule has 24 heavy (non-hydrogen) atoms. The van der Waals surface area contributed by atoms with E-state index in [0.717, 1.165) is 22.6 Å². The van der Waals surface area contributed by atoms with E-state index in [9.17, 15) is 4.79 Å². The third-order valence-electron chi connectivity index (χ3n) is 3.94. The van der Waals surface area contributed by atoms with Crippen LogP contribution in [-0.4, -0.2) is 16.7 Å². The van der Waals surface area contributed by atoms with Gasteiger partial charge in [0, 0.05) is 22.6 Å². The third-order valence-corrected chi connectivity index (χ3v) is 3.94. The van der Waals surface area contributed by atoms with Gasteiger partial charge >= 0.3 is 5.91 Å². The summed E-state index contributed by atoms with van der Waals surface area (Å²) in [7, 11) is 0. The van der Waals surface area contributed by atoms with Crippen molar-refractivity contribution in [2.45, 2.75) is 20.8 Å². The van der Waals surface area contributed by atoms with Gasteiger partial charge in [-0.25, -0.2) is 5.43 Å². The molecular weight excluding hydrogens is 302 g/mol. The number of nitrogens with one attached hydrogen (secondary N) is 1. The molecular formula is C19H19N3O2. The van der Waals surface area contributed by atoms with Gasteiger partial charge in [0.1, 0.15) is 0 Å². The molecule has 3 rings (SSSR count). The van der Waals surface area contributed by atoms with Gasteiger partial charge in [-0.15, -0.1) is 0 Å². The topological polar surface area (TPSA) is 59.5 Å². The normalized spacial score (nSPS) is 11.1. The second-order valence-electron chi connectivity index (χ2n) is 5.62. The fourth-order valence-corrected chi connectivity index (χ4v) is 2.73. The standard InChI is InChI=1S/C19H19N3O2/c1-13-7-4-5-8-17(13)22-14(2)11-16(15(22)3)12-20-21-19(23)18-9-6-10-24-18/h4-12H,1-3H3,(H,21,23)/b20-12-. The molecule has 0 fully saturated rings. The molecule has 5 nitrogen and oxygen atoms in total. The van der Waals surface area contributed by atoms with Crippen LogP contribution in [0.25, 0.3) is 5.69 Å². The number of carbonyl (C=O) groups excluding carboxylic acids is 1. The molecule has 0 radical (unpaired) electrons. The van der Waals surface area contributed by atoms with E-state index < -0.39 is 0 Å². The molecule has 1 N–H and O–H groups in total. The zero-order chi connectivity index (χ0) is 17.1. The molecule has 3 aromatic rings. The Hall–Kier alpha value is -3.08. The van der Waals surface area contributed by atoms with Crippen LogP contribution in [0.2, 0.25) is 0 Å². The molecule has 0 atom stereocenters. The number of hydrogen-bond donors (Lipinski definition) is 1. The lowest BCUT2D eigenvalue weighted by atomic mass is 10.2. The van der Waals surface area contributed by atoms with Gasteiger partial charge in [-0.1, -0.05) is 18.2 Å². The van der Waals surface area contributed by atoms with E-state index in [1.807, 2.05) is 25.1 Å². The second-order valence-corrected chi connectivity index (χ2v) is 5.62. The monoisotopic (exact) mass is 321 g/mol. The largest absolute Gasteiger partial charge is 0.459 e. The van der Waals surface area contributed by atoms with Crippen LogP contribution >= 0.6 is 0 Å². The van der Waals surface area contributed by atoms with Crippen molar-refractivity contribution in [1.82, 2.24) is 9.99 Å². The van der Waals surface area contributed by atoms with Crippen LogP contribution < -0.4 is 5.43 Å². The maximum Gasteiger partial charge on any atom is 0.307 e. The minimum atomic E-state index is -0.371. The Kier molecular flexibility index (Phi) is 4.33. The van der Waals surface area contributed by atoms with E-state index >= 15 is 0 Å². The number of hydrazone groups is 1. The van der Waals surface area contributed by atoms with Crippen LogP contribution in [-0.2, 0) is 0 Å². The molecule has 1 aromatic carbocycles. The number of aryl methyl sites for hydroxylation is 2. The van der Waals surface area contributed by atoms with Gasteiger partial charge < -0.3 is 8.98 Å². The summed E-state index contributed by atoms with van der Waals surface area (Å²) in [6.07, 6.45) is 3.10. The number of para-hydroxylation sites is 1. The Labute approximate surface area is 140 Å². The highest BCUT2D eigenvalue weighted by molar-refractivity contribution is 5.92. The molecule has 2 heterocycles. The molecule has 2 aromatic heterocycles. The highest BCUT2D eigenvalue weighted by Crippen LogP contribution is 2.22. The zero-order valence-corrected chi connectivity index (χ0v) is 13.9. The van der Waals surface area contributed by atoms with Crippen LogP contribution in [0.4, 0.5) is 0 Å². The lowest BCUT2D eigenvalue weighted by Crippen LogP contribution is -2.16. The van der Waals surface area contributed by atoms with E-state index in [1.54, 1.807) is 18.3 Å². The summed E-state index contributed by atoms with van der Waals surface area (Å²) in [5.41, 5.74) is 7.95. The number of rotatable bonds is 4. The molecule has 0 saturated carbocycles. The summed E-state index contributed by atoms with van der Waals surface area (Å²) in [4.78, 5) is 11.8. The zero-order valence-electron chi connectivity index (χ0n) is 13.9. The molecule has 1 amide bonds. The minimum Gasteiger partial charge on any atom is -0.459 e. The van der Waals surface area contributed by atoms with Crippen molar-refractivity contribution < 1.29 is 9.21 Å². The average Bonchev–Trinajstić information content (AvgIpc) is 3.18. The van der Waals surface area contributed by atoms with E-state index in [2.05, 4.69) is 41.1 Å². The predicted molar refractivity (Wildman–Crippen MR) is 93.7 cm³/mol. The number of benzene rings is 1. The lowest BCUT2D eigenvalue weighted by molar-refractivity contribution is 0.0927. The first-order chi connectivity index (χ1) is 11.6. The average molecular weight is 321 g/mol. The number of amides is 1. The number of hydrogen-bond acceptors (Lipinski definition) is 3. The van der Waals surface area contributed by atoms with E-state index in [-0.39, 0.29) is 11.7 Å². The first-order valence-corrected chi connectivity index (χ1v) is 7.70. The number of aromatic nitrogens is 1. The summed E-state index contributed by atoms with van der Waals surface area (Å²) in [6, 6.07) is 13.5. The molecule has 5 heteroatoms. The fourth-order valence-electron chi connectivity index (χ4n) is 2.73. The van der Waals surface area contributed by atoms with Gasteiger partial charge in [0.15, 0.2) is 5.76 Å². The van der Waals surface area contributed by atoms with E-state index in [4.69, 9.17) is 4.42 Å². The quantitative estimate of drug-likeness (QED) is 0.587. The van der Waals surface area contributed by atoms with Gasteiger partial charge in [-0.2, -0.15) is 5.10 Å². The van der Waals surface area contributed by atoms with Crippen molar-refractivity contribution in [3.8, 4) is 5.69 Å². The second kappa shape index (κ2) is 6.58. The van der Waals surface area contributed by atoms with Gasteiger partial charge in [0.05, 0.1) is 12.5 Å². The Bertz CT molecular complexity index is 889. The smallest absolute Gasteiger partial charge is 0.307 e. The lowest BCUT2D eigenvalue weighted by Gasteiger charge is -2.12. The van der Waals surface area contributed by atoms with Crippen molar-refractivity contribution in [1.29, 1.82) is 0 Å². The Morgan fingerprint density at radius 3 is 2.67 bits per heavy atom. The molecule has 0 spiro atoms. The van der Waals surface area contributed by atoms with Gasteiger partial charge in [-0.05, 0) is 50.6 Å². The highest BCUT2D eigenvalue weighted by Gasteiger charge is 2.11. The van der Waals surface area contributed by atoms with Gasteiger partial charge in [-0.3, -0.25) is 4.79 Å². The SMILES string of the molecule is Cc1ccccc1-n1c(C)cc(/C=N\NC(=O)c2ccco2)c1C. The molecule has 122 valence electrons. The van der Waals surface area contributed by atoms with Crippen molar-refractivity contribution >= 4 is 12.1 Å². The Morgan fingerprint density at radius 1 is 1.17 bits per heavy atom. The van der Waals surface area contributed by atoms with Crippen molar-refractivity contribution in [2.24, 2.45) is 5.10 Å². The summed E-state index contributed by atoms with van der Waals surface area (Å²) >= 11 is 0. The van der Waals surface area contributed by atoms with E-state index in [0.29, 0.717) is 0 Å².